The minimum atomic E-state index is 0.178. The number of para-hydroxylation sites is 1. The van der Waals surface area contributed by atoms with E-state index in [2.05, 4.69) is 11.8 Å². The summed E-state index contributed by atoms with van der Waals surface area (Å²) in [5.41, 5.74) is 0.855. The third-order valence-electron chi connectivity index (χ3n) is 3.81. The molecule has 2 rings (SSSR count). The van der Waals surface area contributed by atoms with Crippen LogP contribution in [0.15, 0.2) is 18.2 Å². The highest BCUT2D eigenvalue weighted by atomic mass is 35.5. The SMILES string of the molecule is CC1CCC(CO)CN1Cc1cccc(Cl)c1O. The first-order valence-corrected chi connectivity index (χ1v) is 6.81. The molecule has 2 N–H and O–H groups in total. The molecule has 1 aliphatic rings. The molecule has 4 heteroatoms. The third kappa shape index (κ3) is 2.97. The monoisotopic (exact) mass is 269 g/mol. The van der Waals surface area contributed by atoms with Crippen LogP contribution in [0, 0.1) is 5.92 Å². The largest absolute Gasteiger partial charge is 0.506 e. The molecule has 1 aromatic rings. The van der Waals surface area contributed by atoms with Gasteiger partial charge in [0.1, 0.15) is 5.75 Å². The van der Waals surface area contributed by atoms with Gasteiger partial charge < -0.3 is 10.2 Å². The summed E-state index contributed by atoms with van der Waals surface area (Å²) in [6.45, 7) is 3.99. The molecule has 2 atom stereocenters. The number of aromatic hydroxyl groups is 1. The summed E-state index contributed by atoms with van der Waals surface area (Å²) < 4.78 is 0. The van der Waals surface area contributed by atoms with Crippen LogP contribution >= 0.6 is 11.6 Å². The van der Waals surface area contributed by atoms with Crippen LogP contribution in [-0.2, 0) is 6.54 Å². The number of phenols is 1. The number of piperidine rings is 1. The summed E-state index contributed by atoms with van der Waals surface area (Å²) in [5.74, 6) is 0.528. The summed E-state index contributed by atoms with van der Waals surface area (Å²) >= 11 is 5.92. The zero-order valence-corrected chi connectivity index (χ0v) is 11.4. The zero-order chi connectivity index (χ0) is 13.1. The fourth-order valence-corrected chi connectivity index (χ4v) is 2.73. The highest BCUT2D eigenvalue weighted by Gasteiger charge is 2.25. The van der Waals surface area contributed by atoms with E-state index in [0.29, 0.717) is 23.5 Å². The Morgan fingerprint density at radius 1 is 1.39 bits per heavy atom. The Balaban J connectivity index is 2.09. The van der Waals surface area contributed by atoms with Gasteiger partial charge >= 0.3 is 0 Å². The van der Waals surface area contributed by atoms with Crippen LogP contribution in [0.3, 0.4) is 0 Å². The van der Waals surface area contributed by atoms with E-state index in [-0.39, 0.29) is 12.4 Å². The Morgan fingerprint density at radius 3 is 2.89 bits per heavy atom. The lowest BCUT2D eigenvalue weighted by atomic mass is 9.93. The van der Waals surface area contributed by atoms with E-state index in [1.165, 1.54) is 0 Å². The smallest absolute Gasteiger partial charge is 0.138 e. The fraction of sp³-hybridized carbons (Fsp3) is 0.571. The summed E-state index contributed by atoms with van der Waals surface area (Å²) in [6, 6.07) is 5.92. The molecule has 1 heterocycles. The number of hydrogen-bond donors (Lipinski definition) is 2. The van der Waals surface area contributed by atoms with E-state index in [1.807, 2.05) is 12.1 Å². The number of rotatable bonds is 3. The van der Waals surface area contributed by atoms with Crippen molar-refractivity contribution in [1.82, 2.24) is 4.90 Å². The Labute approximate surface area is 113 Å². The van der Waals surface area contributed by atoms with E-state index in [9.17, 15) is 10.2 Å². The Hall–Kier alpha value is -0.770. The minimum absolute atomic E-state index is 0.178. The molecule has 3 nitrogen and oxygen atoms in total. The second-order valence-corrected chi connectivity index (χ2v) is 5.56. The van der Waals surface area contributed by atoms with Crippen LogP contribution in [0.25, 0.3) is 0 Å². The van der Waals surface area contributed by atoms with Gasteiger partial charge in [-0.25, -0.2) is 0 Å². The molecule has 18 heavy (non-hydrogen) atoms. The summed E-state index contributed by atoms with van der Waals surface area (Å²) in [7, 11) is 0. The minimum Gasteiger partial charge on any atom is -0.506 e. The lowest BCUT2D eigenvalue weighted by Crippen LogP contribution is -2.42. The Bertz CT molecular complexity index is 411. The fourth-order valence-electron chi connectivity index (χ4n) is 2.54. The van der Waals surface area contributed by atoms with E-state index in [1.54, 1.807) is 6.07 Å². The first-order chi connectivity index (χ1) is 8.61. The van der Waals surface area contributed by atoms with Crippen LogP contribution in [-0.4, -0.2) is 34.3 Å². The molecule has 0 aliphatic carbocycles. The van der Waals surface area contributed by atoms with Gasteiger partial charge in [0, 0.05) is 31.3 Å². The number of benzene rings is 1. The van der Waals surface area contributed by atoms with E-state index in [4.69, 9.17) is 11.6 Å². The molecule has 100 valence electrons. The molecule has 0 spiro atoms. The van der Waals surface area contributed by atoms with Crippen molar-refractivity contribution in [3.8, 4) is 5.75 Å². The molecule has 0 radical (unpaired) electrons. The molecule has 0 bridgehead atoms. The maximum atomic E-state index is 9.93. The van der Waals surface area contributed by atoms with Gasteiger partial charge in [-0.15, -0.1) is 0 Å². The predicted octanol–water partition coefficient (Wildman–Crippen LogP) is 2.64. The molecule has 1 saturated heterocycles. The molecule has 1 fully saturated rings. The predicted molar refractivity (Wildman–Crippen MR) is 72.8 cm³/mol. The van der Waals surface area contributed by atoms with Crippen molar-refractivity contribution in [2.45, 2.75) is 32.4 Å². The van der Waals surface area contributed by atoms with Gasteiger partial charge in [-0.2, -0.15) is 0 Å². The van der Waals surface area contributed by atoms with Crippen LogP contribution in [0.5, 0.6) is 5.75 Å². The number of likely N-dealkylation sites (tertiary alicyclic amines) is 1. The number of aliphatic hydroxyl groups excluding tert-OH is 1. The van der Waals surface area contributed by atoms with E-state index in [0.717, 1.165) is 24.9 Å². The van der Waals surface area contributed by atoms with Gasteiger partial charge in [0.05, 0.1) is 5.02 Å². The number of nitrogens with zero attached hydrogens (tertiary/aromatic N) is 1. The second kappa shape index (κ2) is 5.91. The standard InChI is InChI=1S/C14H20ClNO2/c1-10-5-6-11(9-17)7-16(10)8-12-3-2-4-13(15)14(12)18/h2-4,10-11,17-18H,5-9H2,1H3. The average Bonchev–Trinajstić information content (AvgIpc) is 2.37. The number of phenolic OH excluding ortho intramolecular Hbond substituents is 1. The van der Waals surface area contributed by atoms with Crippen molar-refractivity contribution in [2.24, 2.45) is 5.92 Å². The normalized spacial score (nSPS) is 25.3. The molecule has 1 aromatic carbocycles. The zero-order valence-electron chi connectivity index (χ0n) is 10.6. The topological polar surface area (TPSA) is 43.7 Å². The average molecular weight is 270 g/mol. The van der Waals surface area contributed by atoms with Crippen LogP contribution in [0.2, 0.25) is 5.02 Å². The highest BCUT2D eigenvalue weighted by molar-refractivity contribution is 6.32. The number of aliphatic hydroxyl groups is 1. The number of hydrogen-bond acceptors (Lipinski definition) is 3. The maximum absolute atomic E-state index is 9.93. The van der Waals surface area contributed by atoms with Crippen molar-refractivity contribution < 1.29 is 10.2 Å². The highest BCUT2D eigenvalue weighted by Crippen LogP contribution is 2.30. The van der Waals surface area contributed by atoms with E-state index >= 15 is 0 Å². The van der Waals surface area contributed by atoms with Crippen molar-refractivity contribution >= 4 is 11.6 Å². The van der Waals surface area contributed by atoms with Crippen molar-refractivity contribution in [2.75, 3.05) is 13.2 Å². The lowest BCUT2D eigenvalue weighted by molar-refractivity contribution is 0.0766. The van der Waals surface area contributed by atoms with Crippen molar-refractivity contribution in [3.63, 3.8) is 0 Å². The van der Waals surface area contributed by atoms with Crippen molar-refractivity contribution in [1.29, 1.82) is 0 Å². The molecule has 0 saturated carbocycles. The Kier molecular flexibility index (Phi) is 4.49. The quantitative estimate of drug-likeness (QED) is 0.887. The Morgan fingerprint density at radius 2 is 2.17 bits per heavy atom. The van der Waals surface area contributed by atoms with Gasteiger partial charge in [0.15, 0.2) is 0 Å². The molecule has 0 amide bonds. The maximum Gasteiger partial charge on any atom is 0.138 e. The first-order valence-electron chi connectivity index (χ1n) is 6.43. The molecular weight excluding hydrogens is 250 g/mol. The third-order valence-corrected chi connectivity index (χ3v) is 4.12. The van der Waals surface area contributed by atoms with Crippen LogP contribution in [0.1, 0.15) is 25.3 Å². The molecule has 1 aliphatic heterocycles. The first kappa shape index (κ1) is 13.7. The second-order valence-electron chi connectivity index (χ2n) is 5.15. The van der Waals surface area contributed by atoms with Crippen LogP contribution in [0.4, 0.5) is 0 Å². The van der Waals surface area contributed by atoms with Gasteiger partial charge in [-0.3, -0.25) is 4.90 Å². The summed E-state index contributed by atoms with van der Waals surface area (Å²) in [4.78, 5) is 2.30. The van der Waals surface area contributed by atoms with Crippen LogP contribution < -0.4 is 0 Å². The lowest BCUT2D eigenvalue weighted by Gasteiger charge is -2.37. The van der Waals surface area contributed by atoms with Gasteiger partial charge in [-0.1, -0.05) is 23.7 Å². The number of halogens is 1. The van der Waals surface area contributed by atoms with Crippen molar-refractivity contribution in [3.05, 3.63) is 28.8 Å². The summed E-state index contributed by atoms with van der Waals surface area (Å²) in [5, 5.41) is 19.6. The van der Waals surface area contributed by atoms with Gasteiger partial charge in [-0.05, 0) is 31.7 Å². The van der Waals surface area contributed by atoms with Gasteiger partial charge in [0.25, 0.3) is 0 Å². The van der Waals surface area contributed by atoms with Gasteiger partial charge in [0.2, 0.25) is 0 Å². The summed E-state index contributed by atoms with van der Waals surface area (Å²) in [6.07, 6.45) is 2.17. The molecule has 2 unspecified atom stereocenters. The molecular formula is C14H20ClNO2. The van der Waals surface area contributed by atoms with E-state index < -0.39 is 0 Å². The molecule has 0 aromatic heterocycles.